The van der Waals surface area contributed by atoms with Gasteiger partial charge in [-0.1, -0.05) is 0 Å². The van der Waals surface area contributed by atoms with Crippen LogP contribution < -0.4 is 10.6 Å². The third kappa shape index (κ3) is 4.08. The predicted octanol–water partition coefficient (Wildman–Crippen LogP) is -0.567. The fraction of sp³-hybridized carbons (Fsp3) is 0.909. The van der Waals surface area contributed by atoms with Crippen LogP contribution in [-0.4, -0.2) is 63.3 Å². The van der Waals surface area contributed by atoms with E-state index in [1.54, 1.807) is 7.05 Å². The van der Waals surface area contributed by atoms with Gasteiger partial charge in [0.05, 0.1) is 0 Å². The van der Waals surface area contributed by atoms with E-state index in [4.69, 9.17) is 4.74 Å². The number of hydrogen-bond acceptors (Lipinski definition) is 4. The van der Waals surface area contributed by atoms with Crippen molar-refractivity contribution in [2.24, 2.45) is 0 Å². The van der Waals surface area contributed by atoms with E-state index in [9.17, 15) is 4.79 Å². The molecule has 0 aromatic rings. The van der Waals surface area contributed by atoms with Gasteiger partial charge in [-0.25, -0.2) is 0 Å². The SMILES string of the molecule is CCOCCCN1CCNCC1C(=O)NC. The molecule has 1 heterocycles. The lowest BCUT2D eigenvalue weighted by molar-refractivity contribution is -0.126. The van der Waals surface area contributed by atoms with Crippen LogP contribution in [0, 0.1) is 0 Å². The summed E-state index contributed by atoms with van der Waals surface area (Å²) in [6.45, 7) is 7.11. The van der Waals surface area contributed by atoms with E-state index in [1.807, 2.05) is 6.92 Å². The minimum atomic E-state index is -0.0274. The molecule has 0 radical (unpaired) electrons. The Morgan fingerprint density at radius 1 is 1.62 bits per heavy atom. The molecule has 2 N–H and O–H groups in total. The molecule has 0 aromatic heterocycles. The summed E-state index contributed by atoms with van der Waals surface area (Å²) < 4.78 is 5.30. The quantitative estimate of drug-likeness (QED) is 0.599. The highest BCUT2D eigenvalue weighted by Gasteiger charge is 2.26. The molecule has 5 nitrogen and oxygen atoms in total. The van der Waals surface area contributed by atoms with Crippen molar-refractivity contribution < 1.29 is 9.53 Å². The number of amides is 1. The Hall–Kier alpha value is -0.650. The summed E-state index contributed by atoms with van der Waals surface area (Å²) in [6.07, 6.45) is 0.987. The van der Waals surface area contributed by atoms with Gasteiger partial charge in [-0.05, 0) is 13.3 Å². The summed E-state index contributed by atoms with van der Waals surface area (Å²) in [4.78, 5) is 13.9. The van der Waals surface area contributed by atoms with Crippen molar-refractivity contribution in [2.75, 3.05) is 46.4 Å². The van der Waals surface area contributed by atoms with Crippen molar-refractivity contribution in [1.82, 2.24) is 15.5 Å². The summed E-state index contributed by atoms with van der Waals surface area (Å²) in [7, 11) is 1.69. The van der Waals surface area contributed by atoms with Crippen molar-refractivity contribution in [2.45, 2.75) is 19.4 Å². The molecule has 1 aliphatic rings. The minimum Gasteiger partial charge on any atom is -0.382 e. The molecular weight excluding hydrogens is 206 g/mol. The highest BCUT2D eigenvalue weighted by molar-refractivity contribution is 5.81. The standard InChI is InChI=1S/C11H23N3O2/c1-3-16-8-4-6-14-7-5-13-9-10(14)11(15)12-2/h10,13H,3-9H2,1-2H3,(H,12,15). The highest BCUT2D eigenvalue weighted by atomic mass is 16.5. The van der Waals surface area contributed by atoms with Gasteiger partial charge in [-0.3, -0.25) is 9.69 Å². The van der Waals surface area contributed by atoms with E-state index >= 15 is 0 Å². The van der Waals surface area contributed by atoms with Gasteiger partial charge < -0.3 is 15.4 Å². The first-order chi connectivity index (χ1) is 7.79. The van der Waals surface area contributed by atoms with Gasteiger partial charge in [0.1, 0.15) is 6.04 Å². The summed E-state index contributed by atoms with van der Waals surface area (Å²) in [5.74, 6) is 0.101. The van der Waals surface area contributed by atoms with Crippen LogP contribution in [0.15, 0.2) is 0 Å². The molecule has 1 saturated heterocycles. The van der Waals surface area contributed by atoms with Crippen LogP contribution in [0.3, 0.4) is 0 Å². The zero-order chi connectivity index (χ0) is 11.8. The Balaban J connectivity index is 2.32. The first kappa shape index (κ1) is 13.4. The number of carbonyl (C=O) groups is 1. The lowest BCUT2D eigenvalue weighted by atomic mass is 10.1. The van der Waals surface area contributed by atoms with Crippen LogP contribution in [0.25, 0.3) is 0 Å². The zero-order valence-corrected chi connectivity index (χ0v) is 10.3. The summed E-state index contributed by atoms with van der Waals surface area (Å²) in [6, 6.07) is -0.0274. The maximum Gasteiger partial charge on any atom is 0.238 e. The van der Waals surface area contributed by atoms with Gasteiger partial charge in [-0.15, -0.1) is 0 Å². The average molecular weight is 229 g/mol. The van der Waals surface area contributed by atoms with E-state index < -0.39 is 0 Å². The molecule has 0 saturated carbocycles. The Bertz CT molecular complexity index is 211. The molecule has 0 aliphatic carbocycles. The third-order valence-corrected chi connectivity index (χ3v) is 2.84. The molecule has 0 spiro atoms. The fourth-order valence-corrected chi connectivity index (χ4v) is 1.95. The largest absolute Gasteiger partial charge is 0.382 e. The number of piperazine rings is 1. The number of hydrogen-bond donors (Lipinski definition) is 2. The molecule has 16 heavy (non-hydrogen) atoms. The number of carbonyl (C=O) groups excluding carboxylic acids is 1. The maximum atomic E-state index is 11.6. The number of likely N-dealkylation sites (N-methyl/N-ethyl adjacent to an activating group) is 1. The molecule has 1 unspecified atom stereocenters. The Morgan fingerprint density at radius 2 is 2.44 bits per heavy atom. The smallest absolute Gasteiger partial charge is 0.238 e. The second-order valence-corrected chi connectivity index (χ2v) is 3.92. The van der Waals surface area contributed by atoms with Crippen molar-refractivity contribution in [3.05, 3.63) is 0 Å². The van der Waals surface area contributed by atoms with Crippen LogP contribution in [-0.2, 0) is 9.53 Å². The second-order valence-electron chi connectivity index (χ2n) is 3.92. The van der Waals surface area contributed by atoms with Crippen molar-refractivity contribution in [3.8, 4) is 0 Å². The molecule has 1 amide bonds. The molecule has 94 valence electrons. The molecule has 1 aliphatic heterocycles. The van der Waals surface area contributed by atoms with E-state index in [2.05, 4.69) is 15.5 Å². The van der Waals surface area contributed by atoms with Crippen molar-refractivity contribution >= 4 is 5.91 Å². The highest BCUT2D eigenvalue weighted by Crippen LogP contribution is 2.04. The number of nitrogens with zero attached hydrogens (tertiary/aromatic N) is 1. The van der Waals surface area contributed by atoms with E-state index in [1.165, 1.54) is 0 Å². The Morgan fingerprint density at radius 3 is 3.12 bits per heavy atom. The number of nitrogens with one attached hydrogen (secondary N) is 2. The van der Waals surface area contributed by atoms with Crippen LogP contribution in [0.1, 0.15) is 13.3 Å². The zero-order valence-electron chi connectivity index (χ0n) is 10.3. The molecule has 1 fully saturated rings. The third-order valence-electron chi connectivity index (χ3n) is 2.84. The van der Waals surface area contributed by atoms with Crippen molar-refractivity contribution in [1.29, 1.82) is 0 Å². The van der Waals surface area contributed by atoms with Crippen LogP contribution in [0.5, 0.6) is 0 Å². The van der Waals surface area contributed by atoms with Crippen molar-refractivity contribution in [3.63, 3.8) is 0 Å². The second kappa shape index (κ2) is 7.60. The molecule has 1 atom stereocenters. The molecular formula is C11H23N3O2. The average Bonchev–Trinajstić information content (AvgIpc) is 2.34. The molecule has 0 bridgehead atoms. The first-order valence-electron chi connectivity index (χ1n) is 6.03. The molecule has 1 rings (SSSR count). The van der Waals surface area contributed by atoms with Gasteiger partial charge in [0.2, 0.25) is 5.91 Å². The van der Waals surface area contributed by atoms with E-state index in [0.29, 0.717) is 0 Å². The van der Waals surface area contributed by atoms with Gasteiger partial charge in [0, 0.05) is 46.4 Å². The normalized spacial score (nSPS) is 22.0. The lowest BCUT2D eigenvalue weighted by Gasteiger charge is -2.34. The van der Waals surface area contributed by atoms with Crippen LogP contribution >= 0.6 is 0 Å². The number of ether oxygens (including phenoxy) is 1. The number of rotatable bonds is 6. The monoisotopic (exact) mass is 229 g/mol. The Kier molecular flexibility index (Phi) is 6.37. The van der Waals surface area contributed by atoms with Crippen LogP contribution in [0.2, 0.25) is 0 Å². The Labute approximate surface area is 97.5 Å². The summed E-state index contributed by atoms with van der Waals surface area (Å²) in [5.41, 5.74) is 0. The van der Waals surface area contributed by atoms with Gasteiger partial charge in [-0.2, -0.15) is 0 Å². The fourth-order valence-electron chi connectivity index (χ4n) is 1.95. The van der Waals surface area contributed by atoms with E-state index in [0.717, 1.165) is 45.8 Å². The van der Waals surface area contributed by atoms with Gasteiger partial charge in [0.15, 0.2) is 0 Å². The van der Waals surface area contributed by atoms with E-state index in [-0.39, 0.29) is 11.9 Å². The topological polar surface area (TPSA) is 53.6 Å². The molecule has 5 heteroatoms. The van der Waals surface area contributed by atoms with Crippen LogP contribution in [0.4, 0.5) is 0 Å². The predicted molar refractivity (Wildman–Crippen MR) is 63.4 cm³/mol. The lowest BCUT2D eigenvalue weighted by Crippen LogP contribution is -2.57. The summed E-state index contributed by atoms with van der Waals surface area (Å²) >= 11 is 0. The summed E-state index contributed by atoms with van der Waals surface area (Å²) in [5, 5.41) is 5.96. The first-order valence-corrected chi connectivity index (χ1v) is 6.03. The van der Waals surface area contributed by atoms with Gasteiger partial charge >= 0.3 is 0 Å². The maximum absolute atomic E-state index is 11.6. The minimum absolute atomic E-state index is 0.0274. The van der Waals surface area contributed by atoms with Gasteiger partial charge in [0.25, 0.3) is 0 Å². The molecule has 0 aromatic carbocycles.